The Labute approximate surface area is 96.4 Å². The fourth-order valence-corrected chi connectivity index (χ4v) is 1.91. The van der Waals surface area contributed by atoms with Crippen LogP contribution in [-0.4, -0.2) is 64.4 Å². The van der Waals surface area contributed by atoms with Gasteiger partial charge in [-0.25, -0.2) is 4.99 Å². The zero-order valence-electron chi connectivity index (χ0n) is 8.78. The Morgan fingerprint density at radius 1 is 1.47 bits per heavy atom. The van der Waals surface area contributed by atoms with Crippen molar-refractivity contribution < 1.29 is 24.9 Å². The lowest BCUT2D eigenvalue weighted by atomic mass is 9.95. The summed E-state index contributed by atoms with van der Waals surface area (Å²) >= 11 is 0. The predicted molar refractivity (Wildman–Crippen MR) is 55.6 cm³/mol. The molecule has 0 aliphatic carbocycles. The molecule has 0 aromatic heterocycles. The molecule has 0 saturated carbocycles. The van der Waals surface area contributed by atoms with E-state index in [0.29, 0.717) is 0 Å². The summed E-state index contributed by atoms with van der Waals surface area (Å²) in [4.78, 5) is 15.2. The number of hydrogen-bond acceptors (Lipinski definition) is 6. The number of ether oxygens (including phenoxy) is 1. The van der Waals surface area contributed by atoms with Crippen LogP contribution < -0.4 is 5.32 Å². The van der Waals surface area contributed by atoms with Gasteiger partial charge < -0.3 is 20.1 Å². The van der Waals surface area contributed by atoms with Crippen LogP contribution in [0.25, 0.3) is 0 Å². The third kappa shape index (κ3) is 2.07. The van der Waals surface area contributed by atoms with Gasteiger partial charge in [0.15, 0.2) is 0 Å². The first-order valence-electron chi connectivity index (χ1n) is 5.10. The molecule has 2 aliphatic heterocycles. The van der Waals surface area contributed by atoms with Crippen molar-refractivity contribution in [1.82, 2.24) is 5.32 Å². The van der Waals surface area contributed by atoms with E-state index in [1.54, 1.807) is 0 Å². The minimum absolute atomic E-state index is 0.280. The smallest absolute Gasteiger partial charge is 0.237 e. The Morgan fingerprint density at radius 3 is 2.71 bits per heavy atom. The first-order chi connectivity index (χ1) is 8.04. The van der Waals surface area contributed by atoms with Crippen LogP contribution in [0.15, 0.2) is 4.99 Å². The van der Waals surface area contributed by atoms with Crippen LogP contribution in [0.2, 0.25) is 0 Å². The van der Waals surface area contributed by atoms with E-state index in [1.807, 2.05) is 0 Å². The molecule has 1 fully saturated rings. The summed E-state index contributed by atoms with van der Waals surface area (Å²) in [5.41, 5.74) is 0. The molecule has 0 radical (unpaired) electrons. The molecular weight excluding hydrogens is 230 g/mol. The van der Waals surface area contributed by atoms with Crippen molar-refractivity contribution in [1.29, 1.82) is 5.41 Å². The molecule has 5 atom stereocenters. The molecule has 2 heterocycles. The minimum atomic E-state index is -1.28. The van der Waals surface area contributed by atoms with Crippen LogP contribution in [0.4, 0.5) is 0 Å². The lowest BCUT2D eigenvalue weighted by molar-refractivity contribution is -0.127. The lowest BCUT2D eigenvalue weighted by Gasteiger charge is -2.23. The molecule has 2 unspecified atom stereocenters. The molecule has 0 aromatic carbocycles. The number of carbonyl (C=O) groups is 1. The maximum Gasteiger partial charge on any atom is 0.237 e. The molecule has 2 aliphatic rings. The van der Waals surface area contributed by atoms with Gasteiger partial charge >= 0.3 is 0 Å². The highest BCUT2D eigenvalue weighted by atomic mass is 16.6. The molecule has 8 heteroatoms. The summed E-state index contributed by atoms with van der Waals surface area (Å²) in [6, 6.07) is 0. The van der Waals surface area contributed by atoms with E-state index < -0.39 is 42.8 Å². The zero-order valence-corrected chi connectivity index (χ0v) is 8.78. The van der Waals surface area contributed by atoms with Gasteiger partial charge in [0.2, 0.25) is 11.9 Å². The van der Waals surface area contributed by atoms with Crippen LogP contribution in [0, 0.1) is 11.3 Å². The molecule has 17 heavy (non-hydrogen) atoms. The molecule has 0 bridgehead atoms. The van der Waals surface area contributed by atoms with E-state index >= 15 is 0 Å². The van der Waals surface area contributed by atoms with Gasteiger partial charge in [-0.05, 0) is 0 Å². The summed E-state index contributed by atoms with van der Waals surface area (Å²) < 4.78 is 5.21. The number of aliphatic imine (C=N–C) groups is 1. The Morgan fingerprint density at radius 2 is 2.18 bits per heavy atom. The second-order valence-electron chi connectivity index (χ2n) is 3.94. The number of nitrogens with one attached hydrogen (secondary N) is 2. The first-order valence-corrected chi connectivity index (χ1v) is 5.10. The highest BCUT2D eigenvalue weighted by molar-refractivity contribution is 6.10. The van der Waals surface area contributed by atoms with Gasteiger partial charge in [-0.15, -0.1) is 0 Å². The van der Waals surface area contributed by atoms with E-state index in [2.05, 4.69) is 10.3 Å². The van der Waals surface area contributed by atoms with E-state index in [9.17, 15) is 15.0 Å². The Balaban J connectivity index is 2.16. The number of carbonyl (C=O) groups excluding carboxylic acids is 1. The number of aliphatic hydroxyl groups excluding tert-OH is 3. The molecule has 0 aromatic rings. The Kier molecular flexibility index (Phi) is 3.20. The molecule has 8 nitrogen and oxygen atoms in total. The topological polar surface area (TPSA) is 135 Å². The van der Waals surface area contributed by atoms with E-state index in [4.69, 9.17) is 15.3 Å². The van der Waals surface area contributed by atoms with Gasteiger partial charge in [0.1, 0.15) is 30.3 Å². The van der Waals surface area contributed by atoms with Crippen molar-refractivity contribution in [3.05, 3.63) is 0 Å². The van der Waals surface area contributed by atoms with Gasteiger partial charge in [-0.3, -0.25) is 15.5 Å². The molecule has 1 amide bonds. The highest BCUT2D eigenvalue weighted by Crippen LogP contribution is 2.26. The van der Waals surface area contributed by atoms with Crippen LogP contribution in [0.5, 0.6) is 0 Å². The Hall–Kier alpha value is -1.35. The summed E-state index contributed by atoms with van der Waals surface area (Å²) in [5.74, 6) is -1.69. The number of guanidine groups is 1. The monoisotopic (exact) mass is 243 g/mol. The van der Waals surface area contributed by atoms with Gasteiger partial charge in [0, 0.05) is 6.21 Å². The second kappa shape index (κ2) is 4.49. The number of amides is 1. The number of rotatable bonds is 2. The van der Waals surface area contributed by atoms with Crippen molar-refractivity contribution in [3.8, 4) is 0 Å². The second-order valence-corrected chi connectivity index (χ2v) is 3.94. The summed E-state index contributed by atoms with van der Waals surface area (Å²) in [7, 11) is 0. The largest absolute Gasteiger partial charge is 0.394 e. The van der Waals surface area contributed by atoms with Gasteiger partial charge in [0.05, 0.1) is 6.61 Å². The fourth-order valence-electron chi connectivity index (χ4n) is 1.91. The molecule has 2 rings (SSSR count). The van der Waals surface area contributed by atoms with E-state index in [0.717, 1.165) is 0 Å². The highest BCUT2D eigenvalue weighted by Gasteiger charge is 2.48. The van der Waals surface area contributed by atoms with Crippen molar-refractivity contribution >= 4 is 18.1 Å². The Bertz CT molecular complexity index is 372. The molecular formula is C9H13N3O5. The number of aliphatic hydroxyl groups is 3. The van der Waals surface area contributed by atoms with Gasteiger partial charge in [-0.1, -0.05) is 0 Å². The molecule has 0 spiro atoms. The molecule has 94 valence electrons. The summed E-state index contributed by atoms with van der Waals surface area (Å²) in [5, 5.41) is 37.5. The first kappa shape index (κ1) is 12.1. The van der Waals surface area contributed by atoms with Crippen molar-refractivity contribution in [2.45, 2.75) is 24.4 Å². The SMILES string of the molecule is N=C1N=CC([C@@H]2O[C@H](CO)C(O)[C@@H]2O)C(=O)N1. The van der Waals surface area contributed by atoms with Crippen molar-refractivity contribution in [2.24, 2.45) is 10.9 Å². The van der Waals surface area contributed by atoms with Crippen LogP contribution in [0.1, 0.15) is 0 Å². The maximum atomic E-state index is 11.6. The minimum Gasteiger partial charge on any atom is -0.394 e. The quantitative estimate of drug-likeness (QED) is 0.357. The third-order valence-corrected chi connectivity index (χ3v) is 2.84. The zero-order chi connectivity index (χ0) is 12.6. The molecule has 5 N–H and O–H groups in total. The van der Waals surface area contributed by atoms with Crippen LogP contribution in [0.3, 0.4) is 0 Å². The average molecular weight is 243 g/mol. The third-order valence-electron chi connectivity index (χ3n) is 2.84. The summed E-state index contributed by atoms with van der Waals surface area (Å²) in [6.45, 7) is -0.448. The van der Waals surface area contributed by atoms with E-state index in [-0.39, 0.29) is 5.96 Å². The van der Waals surface area contributed by atoms with Crippen LogP contribution >= 0.6 is 0 Å². The fraction of sp³-hybridized carbons (Fsp3) is 0.667. The maximum absolute atomic E-state index is 11.6. The molecule has 1 saturated heterocycles. The van der Waals surface area contributed by atoms with E-state index in [1.165, 1.54) is 6.21 Å². The number of nitrogens with zero attached hydrogens (tertiary/aromatic N) is 1. The average Bonchev–Trinajstić information content (AvgIpc) is 2.57. The number of hydrogen-bond donors (Lipinski definition) is 5. The lowest BCUT2D eigenvalue weighted by Crippen LogP contribution is -2.48. The predicted octanol–water partition coefficient (Wildman–Crippen LogP) is -2.78. The van der Waals surface area contributed by atoms with Crippen LogP contribution in [-0.2, 0) is 9.53 Å². The normalized spacial score (nSPS) is 41.7. The van der Waals surface area contributed by atoms with Crippen molar-refractivity contribution in [2.75, 3.05) is 6.61 Å². The van der Waals surface area contributed by atoms with Gasteiger partial charge in [-0.2, -0.15) is 0 Å². The summed E-state index contributed by atoms with van der Waals surface area (Å²) in [6.07, 6.45) is -3.22. The van der Waals surface area contributed by atoms with Crippen molar-refractivity contribution in [3.63, 3.8) is 0 Å². The van der Waals surface area contributed by atoms with Gasteiger partial charge in [0.25, 0.3) is 0 Å². The standard InChI is InChI=1S/C9H13N3O5/c10-9-11-1-3(8(16)12-9)7-6(15)5(14)4(2-13)17-7/h1,3-7,13-15H,2H2,(H2,10,12,16)/t3?,4-,5?,6+,7+/m1/s1.